The van der Waals surface area contributed by atoms with Crippen molar-refractivity contribution in [3.63, 3.8) is 0 Å². The molecule has 2 heteroatoms. The van der Waals surface area contributed by atoms with Crippen LogP contribution < -0.4 is 0 Å². The molecule has 1 unspecified atom stereocenters. The molecular formula is C42H45FZr. The Labute approximate surface area is 280 Å². The summed E-state index contributed by atoms with van der Waals surface area (Å²) in [6, 6.07) is 16.3. The Morgan fingerprint density at radius 1 is 0.841 bits per heavy atom. The van der Waals surface area contributed by atoms with Gasteiger partial charge in [0.05, 0.1) is 0 Å². The van der Waals surface area contributed by atoms with Crippen LogP contribution in [0.25, 0.3) is 22.3 Å². The Morgan fingerprint density at radius 2 is 1.43 bits per heavy atom. The maximum atomic E-state index is 12.2. The molecular weight excluding hydrogens is 615 g/mol. The molecule has 224 valence electrons. The summed E-state index contributed by atoms with van der Waals surface area (Å²) in [6.45, 7) is 22.5. The molecule has 0 saturated carbocycles. The van der Waals surface area contributed by atoms with E-state index in [0.717, 1.165) is 12.0 Å². The Morgan fingerprint density at radius 3 is 1.95 bits per heavy atom. The molecule has 44 heavy (non-hydrogen) atoms. The van der Waals surface area contributed by atoms with Gasteiger partial charge in [0.25, 0.3) is 0 Å². The molecule has 0 bridgehead atoms. The van der Waals surface area contributed by atoms with Gasteiger partial charge in [-0.25, -0.2) is 11.1 Å². The average Bonchev–Trinajstić information content (AvgIpc) is 3.62. The topological polar surface area (TPSA) is 0 Å². The predicted molar refractivity (Wildman–Crippen MR) is 183 cm³/mol. The van der Waals surface area contributed by atoms with E-state index in [0.29, 0.717) is 11.8 Å². The average molecular weight is 660 g/mol. The summed E-state index contributed by atoms with van der Waals surface area (Å²) in [7, 11) is 0. The molecule has 0 amide bonds. The summed E-state index contributed by atoms with van der Waals surface area (Å²) in [6.07, 6.45) is 12.8. The third kappa shape index (κ3) is 6.35. The Kier molecular flexibility index (Phi) is 9.10. The molecule has 7 rings (SSSR count). The van der Waals surface area contributed by atoms with Gasteiger partial charge in [0.2, 0.25) is 0 Å². The standard InChI is InChI=1S/C25H25.C10H15.C7H5F.Zr/c1-14-12-24(3,4)22-8-16-7-17-9-23-19(15(2)13-25(23,5)6)11-21(17)20(16)10-18(14)22;1-7(2)10-6-8(3)5-9(10)4;1-6-2-4-7(8)5-3-6;/h8-12H,7H2,1-6H3;6-8H,1-4H3;1-5H;/q2*-1;;+2. The van der Waals surface area contributed by atoms with E-state index in [1.54, 1.807) is 12.1 Å². The van der Waals surface area contributed by atoms with Gasteiger partial charge in [0, 0.05) is 5.41 Å². The van der Waals surface area contributed by atoms with Crippen LogP contribution in [-0.2, 0) is 41.5 Å². The summed E-state index contributed by atoms with van der Waals surface area (Å²) in [4.78, 5) is 0. The van der Waals surface area contributed by atoms with Crippen LogP contribution in [0.1, 0.15) is 108 Å². The van der Waals surface area contributed by atoms with Gasteiger partial charge in [0.15, 0.2) is 0 Å². The molecule has 3 aromatic rings. The fraction of sp³-hybridized carbons (Fsp3) is 0.357. The number of fused-ring (bicyclic) bond motifs is 5. The molecule has 0 aromatic heterocycles. The van der Waals surface area contributed by atoms with Gasteiger partial charge in [-0.05, 0) is 58.4 Å². The number of benzene rings is 3. The molecule has 0 N–H and O–H groups in total. The quantitative estimate of drug-likeness (QED) is 0.188. The van der Waals surface area contributed by atoms with E-state index in [2.05, 4.69) is 118 Å². The molecule has 0 heterocycles. The minimum atomic E-state index is -0.170. The zero-order valence-electron chi connectivity index (χ0n) is 28.1. The van der Waals surface area contributed by atoms with Crippen molar-refractivity contribution >= 4 is 14.9 Å². The summed E-state index contributed by atoms with van der Waals surface area (Å²) in [5, 5.41) is 0. The Hall–Kier alpha value is -2.70. The van der Waals surface area contributed by atoms with Crippen LogP contribution in [-0.4, -0.2) is 3.71 Å². The van der Waals surface area contributed by atoms with Crippen molar-refractivity contribution in [2.45, 2.75) is 86.5 Å². The van der Waals surface area contributed by atoms with Gasteiger partial charge in [-0.1, -0.05) is 97.8 Å². The van der Waals surface area contributed by atoms with Gasteiger partial charge in [0.1, 0.15) is 0 Å². The molecule has 0 spiro atoms. The van der Waals surface area contributed by atoms with Crippen LogP contribution in [0, 0.1) is 29.8 Å². The molecule has 0 fully saturated rings. The van der Waals surface area contributed by atoms with E-state index in [4.69, 9.17) is 0 Å². The van der Waals surface area contributed by atoms with E-state index < -0.39 is 0 Å². The number of hydrogen-bond donors (Lipinski definition) is 0. The molecule has 4 aliphatic rings. The van der Waals surface area contributed by atoms with Gasteiger partial charge >= 0.3 is 68.0 Å². The van der Waals surface area contributed by atoms with Crippen LogP contribution in [0.4, 0.5) is 4.39 Å². The van der Waals surface area contributed by atoms with Crippen molar-refractivity contribution in [1.82, 2.24) is 0 Å². The first-order valence-electron chi connectivity index (χ1n) is 15.9. The third-order valence-electron chi connectivity index (χ3n) is 9.40. The zero-order valence-corrected chi connectivity index (χ0v) is 30.5. The van der Waals surface area contributed by atoms with Crippen LogP contribution in [0.2, 0.25) is 0 Å². The molecule has 4 aliphatic carbocycles. The summed E-state index contributed by atoms with van der Waals surface area (Å²) >= 11 is 1.34. The van der Waals surface area contributed by atoms with Crippen molar-refractivity contribution in [2.75, 3.05) is 0 Å². The van der Waals surface area contributed by atoms with Crippen molar-refractivity contribution in [3.8, 4) is 11.1 Å². The number of rotatable bonds is 2. The fourth-order valence-corrected chi connectivity index (χ4v) is 7.79. The SMILES string of the molecule is CC1=[C-]C(C)(C)c2cc3c(cc21)-c1cc2c(cc1C3)C(C)(C)C=C2C.CC1=[C-]C(C)C=C1C(C)C.Fc1ccc([CH]=[Zr+2])cc1. The van der Waals surface area contributed by atoms with Crippen molar-refractivity contribution in [2.24, 2.45) is 11.8 Å². The first-order valence-corrected chi connectivity index (χ1v) is 17.3. The fourth-order valence-electron chi connectivity index (χ4n) is 7.32. The van der Waals surface area contributed by atoms with Gasteiger partial charge in [-0.2, -0.15) is 17.2 Å². The number of allylic oxidation sites excluding steroid dienone is 8. The van der Waals surface area contributed by atoms with E-state index in [9.17, 15) is 4.39 Å². The second-order valence-electron chi connectivity index (χ2n) is 14.2. The Bertz CT molecular complexity index is 1670. The molecule has 0 nitrogen and oxygen atoms in total. The molecule has 3 aromatic carbocycles. The molecule has 1 atom stereocenters. The van der Waals surface area contributed by atoms with E-state index >= 15 is 0 Å². The normalized spacial score (nSPS) is 19.3. The van der Waals surface area contributed by atoms with E-state index in [1.807, 2.05) is 3.71 Å². The maximum absolute atomic E-state index is 12.2. The van der Waals surface area contributed by atoms with Crippen LogP contribution in [0.3, 0.4) is 0 Å². The van der Waals surface area contributed by atoms with Crippen LogP contribution in [0.15, 0.2) is 71.8 Å². The summed E-state index contributed by atoms with van der Waals surface area (Å²) < 4.78 is 14.2. The number of hydrogen-bond acceptors (Lipinski definition) is 0. The molecule has 0 aliphatic heterocycles. The summed E-state index contributed by atoms with van der Waals surface area (Å²) in [5.74, 6) is 1.03. The van der Waals surface area contributed by atoms with Gasteiger partial charge < -0.3 is 0 Å². The van der Waals surface area contributed by atoms with Crippen molar-refractivity contribution < 1.29 is 28.6 Å². The monoisotopic (exact) mass is 658 g/mol. The number of halogens is 1. The second kappa shape index (κ2) is 12.2. The van der Waals surface area contributed by atoms with E-state index in [1.165, 1.54) is 103 Å². The first kappa shape index (κ1) is 32.7. The Balaban J connectivity index is 0.000000166. The molecule has 0 radical (unpaired) electrons. The minimum absolute atomic E-state index is 0.0340. The van der Waals surface area contributed by atoms with Crippen LogP contribution >= 0.6 is 0 Å². The van der Waals surface area contributed by atoms with Gasteiger partial charge in [-0.3, -0.25) is 12.2 Å². The summed E-state index contributed by atoms with van der Waals surface area (Å²) in [5.41, 5.74) is 18.5. The predicted octanol–water partition coefficient (Wildman–Crippen LogP) is 10.9. The first-order chi connectivity index (χ1) is 20.6. The second-order valence-corrected chi connectivity index (χ2v) is 15.0. The molecule has 0 saturated heterocycles. The van der Waals surface area contributed by atoms with Crippen molar-refractivity contribution in [1.29, 1.82) is 0 Å². The van der Waals surface area contributed by atoms with Crippen LogP contribution in [0.5, 0.6) is 0 Å². The third-order valence-corrected chi connectivity index (χ3v) is 10.2. The van der Waals surface area contributed by atoms with Gasteiger partial charge in [-0.15, -0.1) is 11.6 Å². The van der Waals surface area contributed by atoms with E-state index in [-0.39, 0.29) is 16.6 Å². The van der Waals surface area contributed by atoms with Crippen molar-refractivity contribution in [3.05, 3.63) is 129 Å². The zero-order chi connectivity index (χ0) is 32.1.